The molecule has 3 aromatic rings. The van der Waals surface area contributed by atoms with Gasteiger partial charge in [-0.25, -0.2) is 15.0 Å². The van der Waals surface area contributed by atoms with Crippen molar-refractivity contribution >= 4 is 64.7 Å². The lowest BCUT2D eigenvalue weighted by Gasteiger charge is -2.09. The van der Waals surface area contributed by atoms with Gasteiger partial charge in [-0.3, -0.25) is 0 Å². The summed E-state index contributed by atoms with van der Waals surface area (Å²) in [6.07, 6.45) is -6.25. The predicted octanol–water partition coefficient (Wildman–Crippen LogP) is 5.78. The second-order valence-electron chi connectivity index (χ2n) is 6.63. The van der Waals surface area contributed by atoms with Crippen LogP contribution in [0.25, 0.3) is 0 Å². The van der Waals surface area contributed by atoms with E-state index in [1.165, 1.54) is 11.8 Å². The molecule has 3 aromatic heterocycles. The Morgan fingerprint density at radius 2 is 1.23 bits per heavy atom. The lowest BCUT2D eigenvalue weighted by Crippen LogP contribution is -2.18. The topological polar surface area (TPSA) is 183 Å². The first-order chi connectivity index (χ1) is 19.8. The Hall–Kier alpha value is -3.18. The van der Waals surface area contributed by atoms with Gasteiger partial charge in [-0.05, 0) is 18.3 Å². The maximum absolute atomic E-state index is 11.9. The van der Waals surface area contributed by atoms with Crippen LogP contribution in [0.15, 0.2) is 27.2 Å². The molecule has 0 unspecified atom stereocenters. The molecule has 0 aromatic carbocycles. The van der Waals surface area contributed by atoms with Crippen LogP contribution in [0.3, 0.4) is 0 Å². The summed E-state index contributed by atoms with van der Waals surface area (Å²) >= 11 is 9.04. The van der Waals surface area contributed by atoms with E-state index < -0.39 is 31.1 Å². The SMILES string of the molecule is CCSc1cc(OC(F)(F)F)nc(N)n1.CSc1cc(OC(F)(F)F)nc(N)n1.CSc1nc(N)nc(Cl)c1OC(F)F. The molecule has 6 N–H and O–H groups in total. The Bertz CT molecular complexity index is 1330. The van der Waals surface area contributed by atoms with Gasteiger partial charge in [0.1, 0.15) is 15.1 Å². The zero-order valence-electron chi connectivity index (χ0n) is 21.7. The smallest absolute Gasteiger partial charge is 0.429 e. The number of halogens is 9. The molecule has 24 heteroatoms. The minimum atomic E-state index is -4.77. The average molecular weight is 706 g/mol. The van der Waals surface area contributed by atoms with Crippen molar-refractivity contribution in [1.29, 1.82) is 0 Å². The molecule has 240 valence electrons. The van der Waals surface area contributed by atoms with Gasteiger partial charge < -0.3 is 31.4 Å². The van der Waals surface area contributed by atoms with E-state index in [0.29, 0.717) is 15.8 Å². The first kappa shape index (κ1) is 37.8. The van der Waals surface area contributed by atoms with E-state index >= 15 is 0 Å². The summed E-state index contributed by atoms with van der Waals surface area (Å²) in [5, 5.41) is 0.631. The maximum Gasteiger partial charge on any atom is 0.574 e. The van der Waals surface area contributed by atoms with E-state index in [9.17, 15) is 35.1 Å². The molecular formula is C19H20ClF8N9O3S3. The molecule has 0 aliphatic heterocycles. The normalized spacial score (nSPS) is 11.2. The van der Waals surface area contributed by atoms with Crippen LogP contribution in [0.1, 0.15) is 6.92 Å². The lowest BCUT2D eigenvalue weighted by molar-refractivity contribution is -0.277. The number of rotatable bonds is 8. The Morgan fingerprint density at radius 1 is 0.767 bits per heavy atom. The molecule has 0 saturated carbocycles. The molecule has 0 saturated heterocycles. The van der Waals surface area contributed by atoms with E-state index in [-0.39, 0.29) is 33.8 Å². The maximum atomic E-state index is 11.9. The molecule has 3 heterocycles. The van der Waals surface area contributed by atoms with Crippen LogP contribution in [0.4, 0.5) is 53.0 Å². The minimum Gasteiger partial charge on any atom is -0.429 e. The number of nitrogens with two attached hydrogens (primary N) is 3. The van der Waals surface area contributed by atoms with E-state index in [0.717, 1.165) is 35.7 Å². The van der Waals surface area contributed by atoms with Gasteiger partial charge in [0.05, 0.1) is 0 Å². The summed E-state index contributed by atoms with van der Waals surface area (Å²) in [7, 11) is 0. The highest BCUT2D eigenvalue weighted by molar-refractivity contribution is 7.99. The van der Waals surface area contributed by atoms with Crippen LogP contribution in [0.2, 0.25) is 5.15 Å². The van der Waals surface area contributed by atoms with Gasteiger partial charge in [0.15, 0.2) is 10.9 Å². The third kappa shape index (κ3) is 15.7. The summed E-state index contributed by atoms with van der Waals surface area (Å²) in [6, 6.07) is 2.16. The average Bonchev–Trinajstić information content (AvgIpc) is 2.83. The molecule has 0 spiro atoms. The van der Waals surface area contributed by atoms with Crippen LogP contribution in [-0.2, 0) is 0 Å². The van der Waals surface area contributed by atoms with Gasteiger partial charge >= 0.3 is 19.3 Å². The molecule has 0 bridgehead atoms. The first-order valence-electron chi connectivity index (χ1n) is 10.6. The Balaban J connectivity index is 0.000000323. The number of anilines is 3. The molecule has 0 atom stereocenters. The van der Waals surface area contributed by atoms with Gasteiger partial charge in [-0.1, -0.05) is 18.5 Å². The zero-order valence-corrected chi connectivity index (χ0v) is 24.9. The Morgan fingerprint density at radius 3 is 1.65 bits per heavy atom. The molecule has 0 aliphatic rings. The summed E-state index contributed by atoms with van der Waals surface area (Å²) in [5.41, 5.74) is 15.7. The number of alkyl halides is 8. The quantitative estimate of drug-likeness (QED) is 0.145. The van der Waals surface area contributed by atoms with Gasteiger partial charge in [-0.15, -0.1) is 61.6 Å². The van der Waals surface area contributed by atoms with Crippen LogP contribution in [0, 0.1) is 0 Å². The van der Waals surface area contributed by atoms with Crippen molar-refractivity contribution in [2.24, 2.45) is 0 Å². The first-order valence-corrected chi connectivity index (χ1v) is 14.5. The number of nitrogen functional groups attached to an aromatic ring is 3. The van der Waals surface area contributed by atoms with Crippen molar-refractivity contribution in [1.82, 2.24) is 29.9 Å². The molecule has 0 amide bonds. The Labute approximate surface area is 255 Å². The summed E-state index contributed by atoms with van der Waals surface area (Å²) < 4.78 is 106. The van der Waals surface area contributed by atoms with Gasteiger partial charge in [0.25, 0.3) is 0 Å². The number of nitrogens with zero attached hydrogens (tertiary/aromatic N) is 6. The van der Waals surface area contributed by atoms with Crippen molar-refractivity contribution in [3.8, 4) is 17.5 Å². The fourth-order valence-electron chi connectivity index (χ4n) is 2.26. The van der Waals surface area contributed by atoms with Crippen LogP contribution in [0.5, 0.6) is 17.5 Å². The fraction of sp³-hybridized carbons (Fsp3) is 0.368. The van der Waals surface area contributed by atoms with Crippen molar-refractivity contribution in [2.45, 2.75) is 41.3 Å². The van der Waals surface area contributed by atoms with Crippen LogP contribution < -0.4 is 31.4 Å². The number of hydrogen-bond donors (Lipinski definition) is 3. The second kappa shape index (κ2) is 17.2. The molecule has 12 nitrogen and oxygen atoms in total. The molecule has 3 rings (SSSR count). The standard InChI is InChI=1S/C7H8F3N3OS.C6H6ClF2N3OS.C6H6F3N3OS/c1-2-15-5-3-4(12-6(11)13-5)14-7(8,9)10;1-14-4-2(13-5(8)9)3(7)11-6(10)12-4;1-14-4-2-3(11-5(10)12-4)13-6(7,8)9/h3H,2H2,1H3,(H2,11,12,13);5H,1H3,(H2,10,11,12);2H,1H3,(H2,10,11,12). The van der Waals surface area contributed by atoms with Crippen LogP contribution in [-0.4, -0.2) is 67.5 Å². The third-order valence-corrected chi connectivity index (χ3v) is 5.89. The molecular weight excluding hydrogens is 686 g/mol. The Kier molecular flexibility index (Phi) is 15.1. The van der Waals surface area contributed by atoms with Crippen molar-refractivity contribution in [3.63, 3.8) is 0 Å². The number of aromatic nitrogens is 6. The van der Waals surface area contributed by atoms with Crippen molar-refractivity contribution in [2.75, 3.05) is 35.5 Å². The van der Waals surface area contributed by atoms with Gasteiger partial charge in [0, 0.05) is 12.1 Å². The van der Waals surface area contributed by atoms with Crippen molar-refractivity contribution in [3.05, 3.63) is 17.3 Å². The molecule has 0 aliphatic carbocycles. The van der Waals surface area contributed by atoms with E-state index in [2.05, 4.69) is 44.1 Å². The van der Waals surface area contributed by atoms with Crippen LogP contribution >= 0.6 is 46.9 Å². The number of ether oxygens (including phenoxy) is 3. The summed E-state index contributed by atoms with van der Waals surface area (Å²) in [4.78, 5) is 21.2. The monoisotopic (exact) mass is 705 g/mol. The lowest BCUT2D eigenvalue weighted by atomic mass is 10.6. The third-order valence-electron chi connectivity index (χ3n) is 3.55. The second-order valence-corrected chi connectivity index (χ2v) is 9.89. The zero-order chi connectivity index (χ0) is 33.0. The minimum absolute atomic E-state index is 0.0824. The van der Waals surface area contributed by atoms with E-state index in [1.54, 1.807) is 12.5 Å². The number of hydrogen-bond acceptors (Lipinski definition) is 15. The highest BCUT2D eigenvalue weighted by atomic mass is 35.5. The van der Waals surface area contributed by atoms with Gasteiger partial charge in [0.2, 0.25) is 29.6 Å². The van der Waals surface area contributed by atoms with E-state index in [4.69, 9.17) is 28.8 Å². The summed E-state index contributed by atoms with van der Waals surface area (Å²) in [5.74, 6) is -1.35. The fourth-order valence-corrected chi connectivity index (χ4v) is 4.09. The van der Waals surface area contributed by atoms with Gasteiger partial charge in [-0.2, -0.15) is 23.7 Å². The molecule has 0 radical (unpaired) electrons. The molecule has 0 fully saturated rings. The molecule has 43 heavy (non-hydrogen) atoms. The largest absolute Gasteiger partial charge is 0.574 e. The predicted molar refractivity (Wildman–Crippen MR) is 144 cm³/mol. The van der Waals surface area contributed by atoms with E-state index in [1.807, 2.05) is 6.92 Å². The number of thioether (sulfide) groups is 3. The highest BCUT2D eigenvalue weighted by Gasteiger charge is 2.33. The summed E-state index contributed by atoms with van der Waals surface area (Å²) in [6.45, 7) is -1.13. The van der Waals surface area contributed by atoms with Crippen molar-refractivity contribution < 1.29 is 49.3 Å². The highest BCUT2D eigenvalue weighted by Crippen LogP contribution is 2.33.